The molecule has 1 aliphatic heterocycles. The van der Waals surface area contributed by atoms with Crippen LogP contribution in [0.5, 0.6) is 0 Å². The van der Waals surface area contributed by atoms with Crippen molar-refractivity contribution < 1.29 is 13.7 Å². The number of aromatic nitrogens is 1. The number of nitrogens with zero attached hydrogens (tertiary/aromatic N) is 1. The van der Waals surface area contributed by atoms with Crippen LogP contribution in [0.4, 0.5) is 0 Å². The highest BCUT2D eigenvalue weighted by molar-refractivity contribution is 6.63. The lowest BCUT2D eigenvalue weighted by Crippen LogP contribution is -2.41. The van der Waals surface area contributed by atoms with Crippen molar-refractivity contribution in [1.29, 1.82) is 0 Å². The van der Waals surface area contributed by atoms with Gasteiger partial charge in [0.15, 0.2) is 5.76 Å². The number of rotatable bonds is 2. The molecule has 134 valence electrons. The smallest absolute Gasteiger partial charge is 0.454 e. The largest absolute Gasteiger partial charge is 0.495 e. The molecule has 0 spiro atoms. The Morgan fingerprint density at radius 1 is 0.923 bits per heavy atom. The predicted octanol–water partition coefficient (Wildman–Crippen LogP) is 4.41. The molecule has 1 aliphatic rings. The molecule has 5 heteroatoms. The van der Waals surface area contributed by atoms with Gasteiger partial charge in [-0.1, -0.05) is 12.1 Å². The van der Waals surface area contributed by atoms with Crippen LogP contribution in [-0.4, -0.2) is 23.3 Å². The van der Waals surface area contributed by atoms with E-state index in [-0.39, 0.29) is 18.3 Å². The first-order chi connectivity index (χ1) is 12.2. The average molecular weight is 349 g/mol. The molecular weight excluding hydrogens is 325 g/mol. The molecule has 4 nitrogen and oxygen atoms in total. The van der Waals surface area contributed by atoms with E-state index in [0.29, 0.717) is 0 Å². The monoisotopic (exact) mass is 349 g/mol. The molecule has 0 amide bonds. The second-order valence-corrected chi connectivity index (χ2v) is 8.11. The standard InChI is InChI=1S/C21H24BNO3/c1-13-7-9-17(23-12-13)19-11-15-14(2)16(8-10-18(15)24-19)22-25-20(3,4)21(5,6)26-22/h7-12H,1-6H3. The number of aryl methyl sites for hydroxylation is 2. The molecule has 26 heavy (non-hydrogen) atoms. The molecule has 3 aromatic rings. The maximum atomic E-state index is 6.22. The summed E-state index contributed by atoms with van der Waals surface area (Å²) in [6, 6.07) is 10.1. The van der Waals surface area contributed by atoms with Gasteiger partial charge in [-0.25, -0.2) is 0 Å². The van der Waals surface area contributed by atoms with Crippen LogP contribution >= 0.6 is 0 Å². The maximum absolute atomic E-state index is 6.22. The highest BCUT2D eigenvalue weighted by Gasteiger charge is 2.52. The molecule has 0 atom stereocenters. The molecule has 1 saturated heterocycles. The summed E-state index contributed by atoms with van der Waals surface area (Å²) in [5.74, 6) is 0.772. The fourth-order valence-electron chi connectivity index (χ4n) is 3.23. The third-order valence-corrected chi connectivity index (χ3v) is 5.68. The van der Waals surface area contributed by atoms with Gasteiger partial charge in [0, 0.05) is 11.6 Å². The molecule has 1 aromatic carbocycles. The van der Waals surface area contributed by atoms with Gasteiger partial charge in [0.05, 0.1) is 11.2 Å². The van der Waals surface area contributed by atoms with Crippen molar-refractivity contribution >= 4 is 23.6 Å². The van der Waals surface area contributed by atoms with Crippen LogP contribution in [0.2, 0.25) is 0 Å². The summed E-state index contributed by atoms with van der Waals surface area (Å²) in [7, 11) is -0.375. The number of pyridine rings is 1. The summed E-state index contributed by atoms with van der Waals surface area (Å²) < 4.78 is 18.5. The van der Waals surface area contributed by atoms with Gasteiger partial charge in [-0.2, -0.15) is 0 Å². The fourth-order valence-corrected chi connectivity index (χ4v) is 3.23. The SMILES string of the molecule is Cc1ccc(-c2cc3c(C)c(B4OC(C)(C)C(C)(C)O4)ccc3o2)nc1. The van der Waals surface area contributed by atoms with Gasteiger partial charge in [-0.05, 0) is 76.3 Å². The van der Waals surface area contributed by atoms with Crippen LogP contribution in [-0.2, 0) is 9.31 Å². The summed E-state index contributed by atoms with van der Waals surface area (Å²) in [5, 5.41) is 1.06. The summed E-state index contributed by atoms with van der Waals surface area (Å²) in [6.07, 6.45) is 1.85. The number of fused-ring (bicyclic) bond motifs is 1. The first kappa shape index (κ1) is 17.3. The minimum absolute atomic E-state index is 0.355. The van der Waals surface area contributed by atoms with Gasteiger partial charge >= 0.3 is 7.12 Å². The summed E-state index contributed by atoms with van der Waals surface area (Å²) in [5.41, 5.74) is 4.26. The van der Waals surface area contributed by atoms with Crippen molar-refractivity contribution in [1.82, 2.24) is 4.98 Å². The van der Waals surface area contributed by atoms with Gasteiger partial charge in [0.25, 0.3) is 0 Å². The third kappa shape index (κ3) is 2.66. The zero-order valence-corrected chi connectivity index (χ0v) is 16.2. The lowest BCUT2D eigenvalue weighted by Gasteiger charge is -2.32. The normalized spacial score (nSPS) is 18.6. The van der Waals surface area contributed by atoms with Crippen molar-refractivity contribution in [3.05, 3.63) is 47.7 Å². The Hall–Kier alpha value is -2.11. The van der Waals surface area contributed by atoms with Gasteiger partial charge in [0.1, 0.15) is 11.3 Å². The highest BCUT2D eigenvalue weighted by Crippen LogP contribution is 2.37. The van der Waals surface area contributed by atoms with E-state index in [1.165, 1.54) is 0 Å². The van der Waals surface area contributed by atoms with E-state index < -0.39 is 0 Å². The first-order valence-electron chi connectivity index (χ1n) is 9.00. The lowest BCUT2D eigenvalue weighted by molar-refractivity contribution is 0.00578. The third-order valence-electron chi connectivity index (χ3n) is 5.68. The molecule has 0 N–H and O–H groups in total. The number of hydrogen-bond acceptors (Lipinski definition) is 4. The Balaban J connectivity index is 1.75. The zero-order chi connectivity index (χ0) is 18.7. The van der Waals surface area contributed by atoms with Gasteiger partial charge in [-0.3, -0.25) is 4.98 Å². The quantitative estimate of drug-likeness (QED) is 0.643. The number of hydrogen-bond donors (Lipinski definition) is 0. The van der Waals surface area contributed by atoms with Crippen LogP contribution in [0.15, 0.2) is 40.9 Å². The van der Waals surface area contributed by atoms with Crippen LogP contribution in [0.25, 0.3) is 22.4 Å². The molecule has 2 aromatic heterocycles. The zero-order valence-electron chi connectivity index (χ0n) is 16.2. The predicted molar refractivity (Wildman–Crippen MR) is 105 cm³/mol. The first-order valence-corrected chi connectivity index (χ1v) is 9.00. The van der Waals surface area contributed by atoms with Crippen LogP contribution in [0.3, 0.4) is 0 Å². The Morgan fingerprint density at radius 3 is 2.23 bits per heavy atom. The van der Waals surface area contributed by atoms with Crippen molar-refractivity contribution in [2.24, 2.45) is 0 Å². The fraction of sp³-hybridized carbons (Fsp3) is 0.381. The van der Waals surface area contributed by atoms with Crippen molar-refractivity contribution in [2.75, 3.05) is 0 Å². The molecule has 4 rings (SSSR count). The van der Waals surface area contributed by atoms with E-state index in [9.17, 15) is 0 Å². The topological polar surface area (TPSA) is 44.5 Å². The lowest BCUT2D eigenvalue weighted by atomic mass is 9.75. The second-order valence-electron chi connectivity index (χ2n) is 8.11. The van der Waals surface area contributed by atoms with Crippen LogP contribution in [0, 0.1) is 13.8 Å². The molecule has 0 radical (unpaired) electrons. The molecule has 0 saturated carbocycles. The van der Waals surface area contributed by atoms with Crippen molar-refractivity contribution in [3.8, 4) is 11.5 Å². The van der Waals surface area contributed by atoms with Gasteiger partial charge in [-0.15, -0.1) is 0 Å². The number of furan rings is 1. The molecule has 1 fully saturated rings. The average Bonchev–Trinajstić information content (AvgIpc) is 3.08. The molecule has 0 aliphatic carbocycles. The van der Waals surface area contributed by atoms with E-state index in [4.69, 9.17) is 13.7 Å². The summed E-state index contributed by atoms with van der Waals surface area (Å²) in [4.78, 5) is 4.47. The van der Waals surface area contributed by atoms with E-state index in [0.717, 1.165) is 39.0 Å². The van der Waals surface area contributed by atoms with E-state index in [2.05, 4.69) is 45.7 Å². The molecule has 0 unspecified atom stereocenters. The highest BCUT2D eigenvalue weighted by atomic mass is 16.7. The van der Waals surface area contributed by atoms with Crippen molar-refractivity contribution in [3.63, 3.8) is 0 Å². The Bertz CT molecular complexity index is 957. The molecular formula is C21H24BNO3. The number of benzene rings is 1. The maximum Gasteiger partial charge on any atom is 0.495 e. The summed E-state index contributed by atoms with van der Waals surface area (Å²) >= 11 is 0. The Morgan fingerprint density at radius 2 is 1.62 bits per heavy atom. The minimum atomic E-state index is -0.375. The molecule has 0 bridgehead atoms. The Kier molecular flexibility index (Phi) is 3.79. The van der Waals surface area contributed by atoms with Gasteiger partial charge in [0.2, 0.25) is 0 Å². The minimum Gasteiger partial charge on any atom is -0.454 e. The summed E-state index contributed by atoms with van der Waals surface area (Å²) in [6.45, 7) is 12.4. The van der Waals surface area contributed by atoms with E-state index in [1.807, 2.05) is 37.4 Å². The van der Waals surface area contributed by atoms with E-state index >= 15 is 0 Å². The second kappa shape index (κ2) is 5.70. The Labute approximate surface area is 154 Å². The van der Waals surface area contributed by atoms with Gasteiger partial charge < -0.3 is 13.7 Å². The van der Waals surface area contributed by atoms with Crippen LogP contribution < -0.4 is 5.46 Å². The van der Waals surface area contributed by atoms with Crippen molar-refractivity contribution in [2.45, 2.75) is 52.7 Å². The van der Waals surface area contributed by atoms with Crippen LogP contribution in [0.1, 0.15) is 38.8 Å². The molecule has 3 heterocycles. The van der Waals surface area contributed by atoms with E-state index in [1.54, 1.807) is 0 Å².